The Kier molecular flexibility index (Phi) is 8.58. The zero-order valence-corrected chi connectivity index (χ0v) is 20.0. The first-order chi connectivity index (χ1) is 15.4. The first-order valence-electron chi connectivity index (χ1n) is 12.0. The number of aromatic hydroxyl groups is 2. The van der Waals surface area contributed by atoms with Gasteiger partial charge in [0.25, 0.3) is 0 Å². The normalized spacial score (nSPS) is 19.6. The van der Waals surface area contributed by atoms with Gasteiger partial charge in [0.15, 0.2) is 0 Å². The fraction of sp³-hybridized carbons (Fsp3) is 0.448. The highest BCUT2D eigenvalue weighted by molar-refractivity contribution is 5.55. The fourth-order valence-electron chi connectivity index (χ4n) is 5.12. The number of nitrogens with zero attached hydrogens (tertiary/aromatic N) is 1. The zero-order chi connectivity index (χ0) is 23.1. The maximum Gasteiger partial charge on any atom is 0.127 e. The first kappa shape index (κ1) is 24.1. The highest BCUT2D eigenvalue weighted by Gasteiger charge is 2.26. The number of allylic oxidation sites excluding steroid dienone is 3. The molecule has 0 spiro atoms. The highest BCUT2D eigenvalue weighted by atomic mass is 16.3. The molecule has 0 bridgehead atoms. The quantitative estimate of drug-likeness (QED) is 0.501. The van der Waals surface area contributed by atoms with Crippen molar-refractivity contribution in [1.29, 1.82) is 0 Å². The molecule has 1 aliphatic carbocycles. The van der Waals surface area contributed by atoms with Gasteiger partial charge in [0.1, 0.15) is 11.5 Å². The molecule has 0 amide bonds. The van der Waals surface area contributed by atoms with E-state index in [0.29, 0.717) is 11.7 Å². The van der Waals surface area contributed by atoms with Crippen molar-refractivity contribution in [3.8, 4) is 11.5 Å². The van der Waals surface area contributed by atoms with Gasteiger partial charge >= 0.3 is 0 Å². The van der Waals surface area contributed by atoms with Crippen LogP contribution in [0.5, 0.6) is 11.5 Å². The number of likely N-dealkylation sites (tertiary alicyclic amines) is 1. The Morgan fingerprint density at radius 3 is 2.34 bits per heavy atom. The van der Waals surface area contributed by atoms with Crippen LogP contribution >= 0.6 is 0 Å². The zero-order valence-electron chi connectivity index (χ0n) is 20.0. The van der Waals surface area contributed by atoms with Crippen LogP contribution in [-0.2, 0) is 6.54 Å². The lowest BCUT2D eigenvalue weighted by Crippen LogP contribution is -2.32. The summed E-state index contributed by atoms with van der Waals surface area (Å²) in [6.07, 6.45) is 9.50. The van der Waals surface area contributed by atoms with Crippen LogP contribution in [0.4, 0.5) is 0 Å². The molecule has 32 heavy (non-hydrogen) atoms. The lowest BCUT2D eigenvalue weighted by Gasteiger charge is -2.33. The molecule has 0 saturated carbocycles. The number of rotatable bonds is 4. The number of piperidine rings is 1. The van der Waals surface area contributed by atoms with Gasteiger partial charge in [-0.1, -0.05) is 48.1 Å². The predicted molar refractivity (Wildman–Crippen MR) is 134 cm³/mol. The van der Waals surface area contributed by atoms with Gasteiger partial charge < -0.3 is 10.2 Å². The largest absolute Gasteiger partial charge is 0.507 e. The molecule has 3 nitrogen and oxygen atoms in total. The van der Waals surface area contributed by atoms with Crippen molar-refractivity contribution in [2.45, 2.75) is 71.3 Å². The minimum atomic E-state index is 0.118. The van der Waals surface area contributed by atoms with Crippen molar-refractivity contribution < 1.29 is 10.2 Å². The third-order valence-corrected chi connectivity index (χ3v) is 6.83. The number of benzene rings is 2. The molecule has 2 N–H and O–H groups in total. The topological polar surface area (TPSA) is 43.7 Å². The molecule has 1 saturated heterocycles. The van der Waals surface area contributed by atoms with Gasteiger partial charge in [-0.05, 0) is 89.1 Å². The summed E-state index contributed by atoms with van der Waals surface area (Å²) < 4.78 is 0. The van der Waals surface area contributed by atoms with E-state index in [0.717, 1.165) is 68.4 Å². The molecular formula is C29H39NO2. The average molecular weight is 434 g/mol. The second kappa shape index (κ2) is 11.4. The number of aryl methyl sites for hydroxylation is 1. The summed E-state index contributed by atoms with van der Waals surface area (Å²) in [5, 5.41) is 21.7. The van der Waals surface area contributed by atoms with Crippen LogP contribution in [-0.4, -0.2) is 28.2 Å². The van der Waals surface area contributed by atoms with Gasteiger partial charge in [-0.25, -0.2) is 0 Å². The molecule has 1 fully saturated rings. The lowest BCUT2D eigenvalue weighted by atomic mass is 9.83. The molecule has 172 valence electrons. The van der Waals surface area contributed by atoms with E-state index in [2.05, 4.69) is 54.8 Å². The summed E-state index contributed by atoms with van der Waals surface area (Å²) >= 11 is 0. The molecule has 4 rings (SSSR count). The minimum absolute atomic E-state index is 0.118. The molecule has 2 aliphatic rings. The van der Waals surface area contributed by atoms with Crippen molar-refractivity contribution in [3.63, 3.8) is 0 Å². The molecule has 1 unspecified atom stereocenters. The van der Waals surface area contributed by atoms with Crippen molar-refractivity contribution >= 4 is 0 Å². The fourth-order valence-corrected chi connectivity index (χ4v) is 5.12. The monoisotopic (exact) mass is 433 g/mol. The Morgan fingerprint density at radius 1 is 1.06 bits per heavy atom. The summed E-state index contributed by atoms with van der Waals surface area (Å²) in [7, 11) is 0. The number of phenols is 2. The van der Waals surface area contributed by atoms with Crippen LogP contribution in [0.2, 0.25) is 0 Å². The summed E-state index contributed by atoms with van der Waals surface area (Å²) in [4.78, 5) is 2.45. The van der Waals surface area contributed by atoms with Crippen molar-refractivity contribution in [2.75, 3.05) is 13.1 Å². The predicted octanol–water partition coefficient (Wildman–Crippen LogP) is 7.19. The van der Waals surface area contributed by atoms with Gasteiger partial charge in [0, 0.05) is 23.6 Å². The molecule has 1 heterocycles. The van der Waals surface area contributed by atoms with Crippen LogP contribution in [0.1, 0.15) is 80.0 Å². The van der Waals surface area contributed by atoms with Crippen molar-refractivity contribution in [2.24, 2.45) is 0 Å². The number of hydrogen-bond donors (Lipinski definition) is 2. The van der Waals surface area contributed by atoms with E-state index in [1.54, 1.807) is 6.08 Å². The van der Waals surface area contributed by atoms with E-state index in [9.17, 15) is 10.2 Å². The third kappa shape index (κ3) is 5.83. The maximum atomic E-state index is 11.1. The molecule has 2 aromatic rings. The van der Waals surface area contributed by atoms with Crippen LogP contribution in [0.15, 0.2) is 60.7 Å². The van der Waals surface area contributed by atoms with Crippen LogP contribution in [0, 0.1) is 6.92 Å². The van der Waals surface area contributed by atoms with E-state index < -0.39 is 0 Å². The molecule has 0 aromatic heterocycles. The second-order valence-corrected chi connectivity index (χ2v) is 9.33. The Labute approximate surface area is 194 Å². The van der Waals surface area contributed by atoms with Gasteiger partial charge in [-0.15, -0.1) is 6.58 Å². The summed E-state index contributed by atoms with van der Waals surface area (Å²) in [6, 6.07) is 12.7. The molecule has 1 aliphatic heterocycles. The van der Waals surface area contributed by atoms with E-state index in [-0.39, 0.29) is 11.7 Å². The summed E-state index contributed by atoms with van der Waals surface area (Å²) in [5.74, 6) is 1.30. The average Bonchev–Trinajstić information content (AvgIpc) is 2.78. The Morgan fingerprint density at radius 2 is 1.72 bits per heavy atom. The van der Waals surface area contributed by atoms with Crippen LogP contribution in [0.3, 0.4) is 0 Å². The van der Waals surface area contributed by atoms with Crippen molar-refractivity contribution in [1.82, 2.24) is 4.90 Å². The first-order valence-corrected chi connectivity index (χ1v) is 12.0. The van der Waals surface area contributed by atoms with Gasteiger partial charge in [0.05, 0.1) is 0 Å². The van der Waals surface area contributed by atoms with Crippen LogP contribution < -0.4 is 0 Å². The molecule has 2 aromatic carbocycles. The standard InChI is InChI=1S/C26H33NO2.C3H6/c1-18-7-6-10-22(15-18)25-24(28)16-19(2)23(26(25)29)17-27-13-11-21(12-14-27)20-8-4-3-5-9-20;1-3-2/h3-5,8-9,15-16,21-22,28-29H,6-7,10-14,17H2,1-2H3;3H,1H2,2H3. The lowest BCUT2D eigenvalue weighted by molar-refractivity contribution is 0.202. The minimum Gasteiger partial charge on any atom is -0.507 e. The summed E-state index contributed by atoms with van der Waals surface area (Å²) in [5.41, 5.74) is 5.48. The second-order valence-electron chi connectivity index (χ2n) is 9.33. The highest BCUT2D eigenvalue weighted by Crippen LogP contribution is 2.44. The molecule has 1 atom stereocenters. The number of phenolic OH excluding ortho intramolecular Hbond substituents is 2. The molecule has 3 heteroatoms. The maximum absolute atomic E-state index is 11.1. The Balaban J connectivity index is 0.000000913. The van der Waals surface area contributed by atoms with Crippen LogP contribution in [0.25, 0.3) is 0 Å². The van der Waals surface area contributed by atoms with E-state index >= 15 is 0 Å². The Bertz CT molecular complexity index is 924. The SMILES string of the molecule is C=CC.CC1=CC(c2c(O)cc(C)c(CN3CCC(c4ccccc4)CC3)c2O)CCC1. The Hall–Kier alpha value is -2.52. The molecular weight excluding hydrogens is 394 g/mol. The van der Waals surface area contributed by atoms with E-state index in [4.69, 9.17) is 0 Å². The van der Waals surface area contributed by atoms with Gasteiger partial charge in [-0.2, -0.15) is 0 Å². The van der Waals surface area contributed by atoms with Gasteiger partial charge in [0.2, 0.25) is 0 Å². The third-order valence-electron chi connectivity index (χ3n) is 6.83. The van der Waals surface area contributed by atoms with E-state index in [1.807, 2.05) is 19.9 Å². The van der Waals surface area contributed by atoms with E-state index in [1.165, 1.54) is 11.1 Å². The number of hydrogen-bond acceptors (Lipinski definition) is 3. The van der Waals surface area contributed by atoms with Gasteiger partial charge in [-0.3, -0.25) is 4.90 Å². The smallest absolute Gasteiger partial charge is 0.127 e. The molecule has 0 radical (unpaired) electrons. The van der Waals surface area contributed by atoms with Crippen molar-refractivity contribution in [3.05, 3.63) is 83.0 Å². The summed E-state index contributed by atoms with van der Waals surface area (Å²) in [6.45, 7) is 12.2.